The molecule has 1 aromatic carbocycles. The largest absolute Gasteiger partial charge is 0.301 e. The highest BCUT2D eigenvalue weighted by atomic mass is 15.1. The first-order valence-corrected chi connectivity index (χ1v) is 9.61. The fourth-order valence-electron chi connectivity index (χ4n) is 3.18. The van der Waals surface area contributed by atoms with Crippen molar-refractivity contribution in [3.8, 4) is 0 Å². The van der Waals surface area contributed by atoms with Crippen molar-refractivity contribution < 1.29 is 0 Å². The Morgan fingerprint density at radius 3 is 2.21 bits per heavy atom. The molecule has 0 heterocycles. The van der Waals surface area contributed by atoms with Crippen molar-refractivity contribution in [3.05, 3.63) is 28.3 Å². The second-order valence-corrected chi connectivity index (χ2v) is 7.72. The van der Waals surface area contributed by atoms with Gasteiger partial charge in [0.05, 0.1) is 5.69 Å². The van der Waals surface area contributed by atoms with E-state index < -0.39 is 0 Å². The van der Waals surface area contributed by atoms with Gasteiger partial charge >= 0.3 is 0 Å². The van der Waals surface area contributed by atoms with Crippen LogP contribution in [0.15, 0.2) is 11.1 Å². The van der Waals surface area contributed by atoms with Crippen LogP contribution in [-0.4, -0.2) is 30.7 Å². The lowest BCUT2D eigenvalue weighted by Crippen LogP contribution is -2.28. The lowest BCUT2D eigenvalue weighted by molar-refractivity contribution is 0.398. The Kier molecular flexibility index (Phi) is 8.15. The predicted molar refractivity (Wildman–Crippen MR) is 109 cm³/mol. The van der Waals surface area contributed by atoms with E-state index in [1.807, 2.05) is 0 Å². The SMILES string of the molecule is CCCc1c(C)c(C)cc(/N=C(/CN(C)CC)C(C)C)c1C(C)C. The zero-order chi connectivity index (χ0) is 18.4. The third kappa shape index (κ3) is 5.17. The standard InChI is InChI=1S/C22H38N2/c1-10-12-19-18(8)17(7)13-20(22(19)16(5)6)23-21(15(3)4)14-24(9)11-2/h13,15-16H,10-12,14H2,1-9H3/b23-21-. The van der Waals surface area contributed by atoms with Crippen molar-refractivity contribution in [1.82, 2.24) is 4.90 Å². The van der Waals surface area contributed by atoms with Gasteiger partial charge in [0, 0.05) is 12.3 Å². The monoisotopic (exact) mass is 330 g/mol. The number of hydrogen-bond acceptors (Lipinski definition) is 2. The molecule has 0 unspecified atom stereocenters. The minimum atomic E-state index is 0.468. The molecule has 2 nitrogen and oxygen atoms in total. The molecule has 0 aliphatic heterocycles. The van der Waals surface area contributed by atoms with E-state index in [4.69, 9.17) is 4.99 Å². The summed E-state index contributed by atoms with van der Waals surface area (Å²) in [5.41, 5.74) is 8.29. The summed E-state index contributed by atoms with van der Waals surface area (Å²) in [6, 6.07) is 2.30. The van der Waals surface area contributed by atoms with Crippen LogP contribution in [0.25, 0.3) is 0 Å². The van der Waals surface area contributed by atoms with E-state index in [0.29, 0.717) is 11.8 Å². The van der Waals surface area contributed by atoms with Crippen molar-refractivity contribution in [3.63, 3.8) is 0 Å². The van der Waals surface area contributed by atoms with Gasteiger partial charge in [0.25, 0.3) is 0 Å². The molecule has 0 aliphatic carbocycles. The topological polar surface area (TPSA) is 15.6 Å². The molecule has 0 spiro atoms. The highest BCUT2D eigenvalue weighted by Gasteiger charge is 2.17. The van der Waals surface area contributed by atoms with Crippen LogP contribution in [0, 0.1) is 19.8 Å². The number of benzene rings is 1. The average molecular weight is 331 g/mol. The maximum atomic E-state index is 5.19. The van der Waals surface area contributed by atoms with Gasteiger partial charge in [-0.25, -0.2) is 0 Å². The normalized spacial score (nSPS) is 12.8. The molecular weight excluding hydrogens is 292 g/mol. The van der Waals surface area contributed by atoms with E-state index in [9.17, 15) is 0 Å². The van der Waals surface area contributed by atoms with Gasteiger partial charge in [-0.3, -0.25) is 4.99 Å². The van der Waals surface area contributed by atoms with E-state index in [1.54, 1.807) is 0 Å². The zero-order valence-corrected chi connectivity index (χ0v) is 17.5. The van der Waals surface area contributed by atoms with Crippen LogP contribution in [-0.2, 0) is 6.42 Å². The highest BCUT2D eigenvalue weighted by molar-refractivity contribution is 5.90. The Morgan fingerprint density at radius 2 is 1.75 bits per heavy atom. The third-order valence-corrected chi connectivity index (χ3v) is 4.98. The molecule has 0 aliphatic rings. The summed E-state index contributed by atoms with van der Waals surface area (Å²) in [5.74, 6) is 0.970. The van der Waals surface area contributed by atoms with Crippen LogP contribution in [0.1, 0.15) is 76.1 Å². The van der Waals surface area contributed by atoms with Crippen molar-refractivity contribution in [2.24, 2.45) is 10.9 Å². The van der Waals surface area contributed by atoms with Gasteiger partial charge in [-0.15, -0.1) is 0 Å². The zero-order valence-electron chi connectivity index (χ0n) is 17.5. The maximum absolute atomic E-state index is 5.19. The summed E-state index contributed by atoms with van der Waals surface area (Å²) in [7, 11) is 2.17. The second kappa shape index (κ2) is 9.36. The van der Waals surface area contributed by atoms with Gasteiger partial charge in [0.2, 0.25) is 0 Å². The summed E-state index contributed by atoms with van der Waals surface area (Å²) in [5, 5.41) is 0. The van der Waals surface area contributed by atoms with Gasteiger partial charge in [-0.2, -0.15) is 0 Å². The lowest BCUT2D eigenvalue weighted by Gasteiger charge is -2.23. The average Bonchev–Trinajstić information content (AvgIpc) is 2.50. The van der Waals surface area contributed by atoms with Crippen molar-refractivity contribution in [2.45, 2.75) is 74.1 Å². The lowest BCUT2D eigenvalue weighted by atomic mass is 9.87. The van der Waals surface area contributed by atoms with Crippen LogP contribution in [0.2, 0.25) is 0 Å². The Bertz CT molecular complexity index is 568. The Balaban J connectivity index is 3.52. The van der Waals surface area contributed by atoms with Crippen molar-refractivity contribution >= 4 is 11.4 Å². The third-order valence-electron chi connectivity index (χ3n) is 4.98. The Morgan fingerprint density at radius 1 is 1.12 bits per heavy atom. The van der Waals surface area contributed by atoms with Crippen LogP contribution >= 0.6 is 0 Å². The molecule has 0 amide bonds. The number of aliphatic imine (C=N–C) groups is 1. The van der Waals surface area contributed by atoms with Crippen LogP contribution in [0.4, 0.5) is 5.69 Å². The second-order valence-electron chi connectivity index (χ2n) is 7.72. The van der Waals surface area contributed by atoms with Crippen molar-refractivity contribution in [1.29, 1.82) is 0 Å². The van der Waals surface area contributed by atoms with Gasteiger partial charge in [-0.1, -0.05) is 48.0 Å². The Hall–Kier alpha value is -1.15. The molecule has 1 rings (SSSR count). The summed E-state index contributed by atoms with van der Waals surface area (Å²) in [6.07, 6.45) is 2.33. The number of aryl methyl sites for hydroxylation is 1. The van der Waals surface area contributed by atoms with Gasteiger partial charge < -0.3 is 4.90 Å². The van der Waals surface area contributed by atoms with E-state index in [1.165, 1.54) is 40.1 Å². The quantitative estimate of drug-likeness (QED) is 0.529. The van der Waals surface area contributed by atoms with Crippen LogP contribution in [0.3, 0.4) is 0 Å². The molecule has 0 bridgehead atoms. The van der Waals surface area contributed by atoms with Crippen molar-refractivity contribution in [2.75, 3.05) is 20.1 Å². The molecule has 136 valence electrons. The van der Waals surface area contributed by atoms with Gasteiger partial charge in [-0.05, 0) is 74.0 Å². The predicted octanol–water partition coefficient (Wildman–Crippen LogP) is 6.06. The summed E-state index contributed by atoms with van der Waals surface area (Å²) < 4.78 is 0. The molecule has 2 heteroatoms. The molecule has 0 saturated heterocycles. The van der Waals surface area contributed by atoms with E-state index in [-0.39, 0.29) is 0 Å². The molecule has 0 aromatic heterocycles. The molecule has 1 aromatic rings. The summed E-state index contributed by atoms with van der Waals surface area (Å²) in [4.78, 5) is 7.52. The minimum Gasteiger partial charge on any atom is -0.301 e. The molecule has 0 N–H and O–H groups in total. The smallest absolute Gasteiger partial charge is 0.0669 e. The van der Waals surface area contributed by atoms with Crippen LogP contribution < -0.4 is 0 Å². The Labute approximate surface area is 150 Å². The van der Waals surface area contributed by atoms with Gasteiger partial charge in [0.1, 0.15) is 0 Å². The first-order chi connectivity index (χ1) is 11.2. The fourth-order valence-corrected chi connectivity index (χ4v) is 3.18. The number of rotatable bonds is 8. The van der Waals surface area contributed by atoms with E-state index in [0.717, 1.165) is 19.5 Å². The first-order valence-electron chi connectivity index (χ1n) is 9.61. The summed E-state index contributed by atoms with van der Waals surface area (Å²) in [6.45, 7) is 20.1. The molecule has 0 radical (unpaired) electrons. The number of nitrogens with zero attached hydrogens (tertiary/aromatic N) is 2. The molecule has 0 saturated carbocycles. The molecule has 24 heavy (non-hydrogen) atoms. The fraction of sp³-hybridized carbons (Fsp3) is 0.682. The summed E-state index contributed by atoms with van der Waals surface area (Å²) >= 11 is 0. The molecule has 0 fully saturated rings. The molecular formula is C22H38N2. The van der Waals surface area contributed by atoms with E-state index >= 15 is 0 Å². The first kappa shape index (κ1) is 20.9. The van der Waals surface area contributed by atoms with E-state index in [2.05, 4.69) is 73.4 Å². The van der Waals surface area contributed by atoms with Gasteiger partial charge in [0.15, 0.2) is 0 Å². The minimum absolute atomic E-state index is 0.468. The highest BCUT2D eigenvalue weighted by Crippen LogP contribution is 2.35. The maximum Gasteiger partial charge on any atom is 0.0669 e. The van der Waals surface area contributed by atoms with Crippen LogP contribution in [0.5, 0.6) is 0 Å². The number of hydrogen-bond donors (Lipinski definition) is 0. The molecule has 0 atom stereocenters.